The van der Waals surface area contributed by atoms with E-state index in [0.29, 0.717) is 49.3 Å². The molecule has 2 aliphatic carbocycles. The molecule has 1 spiro atoms. The maximum Gasteiger partial charge on any atom is 0.391 e. The predicted molar refractivity (Wildman–Crippen MR) is 122 cm³/mol. The van der Waals surface area contributed by atoms with E-state index in [0.717, 1.165) is 37.8 Å². The summed E-state index contributed by atoms with van der Waals surface area (Å²) in [6.07, 6.45) is 3.88. The van der Waals surface area contributed by atoms with E-state index >= 15 is 0 Å². The van der Waals surface area contributed by atoms with E-state index < -0.39 is 12.1 Å². The smallest absolute Gasteiger partial charge is 0.369 e. The zero-order valence-electron chi connectivity index (χ0n) is 19.8. The van der Waals surface area contributed by atoms with Crippen LogP contribution in [0, 0.1) is 18.8 Å². The van der Waals surface area contributed by atoms with Crippen LogP contribution in [0.4, 0.5) is 13.2 Å². The third-order valence-corrected chi connectivity index (χ3v) is 7.32. The van der Waals surface area contributed by atoms with Crippen molar-refractivity contribution in [2.24, 2.45) is 17.6 Å². The van der Waals surface area contributed by atoms with Crippen LogP contribution in [0.1, 0.15) is 74.0 Å². The molecule has 3 N–H and O–H groups in total. The van der Waals surface area contributed by atoms with Gasteiger partial charge in [-0.25, -0.2) is 9.97 Å². The summed E-state index contributed by atoms with van der Waals surface area (Å²) in [6, 6.07) is 3.55. The molecule has 0 unspecified atom stereocenters. The number of nitrogens with two attached hydrogens (primary N) is 1. The molecule has 2 aromatic heterocycles. The molecule has 1 atom stereocenters. The summed E-state index contributed by atoms with van der Waals surface area (Å²) in [7, 11) is 0. The summed E-state index contributed by atoms with van der Waals surface area (Å²) in [5.41, 5.74) is 7.83. The minimum atomic E-state index is -3.93. The molecule has 2 amide bonds. The van der Waals surface area contributed by atoms with Crippen LogP contribution >= 0.6 is 0 Å². The highest BCUT2D eigenvalue weighted by Gasteiger charge is 2.54. The van der Waals surface area contributed by atoms with Crippen molar-refractivity contribution in [2.45, 2.75) is 76.4 Å². The maximum atomic E-state index is 12.9. The Bertz CT molecular complexity index is 1060. The molecule has 3 fully saturated rings. The number of piperidine rings is 1. The number of rotatable bonds is 3. The Morgan fingerprint density at radius 2 is 1.80 bits per heavy atom. The van der Waals surface area contributed by atoms with E-state index in [4.69, 9.17) is 5.73 Å². The van der Waals surface area contributed by atoms with Crippen molar-refractivity contribution < 1.29 is 22.8 Å². The van der Waals surface area contributed by atoms with Gasteiger partial charge in [0.1, 0.15) is 17.7 Å². The number of nitrogens with zero attached hydrogens (tertiary/aromatic N) is 4. The van der Waals surface area contributed by atoms with Crippen LogP contribution in [0.15, 0.2) is 18.5 Å². The highest BCUT2D eigenvalue weighted by molar-refractivity contribution is 5.94. The SMILES string of the molecule is Cc1cc(-c2cc(C(=O)N3CC[C@H](C(N)=O)CC34CC4)[nH]n2)ncn1.FC(F)(F)C1CCCCC1. The van der Waals surface area contributed by atoms with Crippen LogP contribution in [0.25, 0.3) is 11.4 Å². The Morgan fingerprint density at radius 3 is 2.37 bits per heavy atom. The first-order valence-corrected chi connectivity index (χ1v) is 12.1. The molecule has 3 aliphatic rings. The van der Waals surface area contributed by atoms with Gasteiger partial charge in [0.05, 0.1) is 11.6 Å². The highest BCUT2D eigenvalue weighted by atomic mass is 19.4. The van der Waals surface area contributed by atoms with Gasteiger partial charge in [-0.05, 0) is 57.6 Å². The molecule has 190 valence electrons. The first kappa shape index (κ1) is 25.1. The summed E-state index contributed by atoms with van der Waals surface area (Å²) in [6.45, 7) is 2.43. The highest BCUT2D eigenvalue weighted by Crippen LogP contribution is 2.50. The molecule has 0 radical (unpaired) electrons. The van der Waals surface area contributed by atoms with Crippen molar-refractivity contribution in [1.29, 1.82) is 0 Å². The summed E-state index contributed by atoms with van der Waals surface area (Å²) in [4.78, 5) is 34.6. The van der Waals surface area contributed by atoms with Gasteiger partial charge < -0.3 is 10.6 Å². The number of aromatic nitrogens is 4. The van der Waals surface area contributed by atoms with Gasteiger partial charge in [-0.2, -0.15) is 18.3 Å². The van der Waals surface area contributed by atoms with E-state index in [1.54, 1.807) is 6.07 Å². The molecule has 3 heterocycles. The summed E-state index contributed by atoms with van der Waals surface area (Å²) in [5.74, 6) is -1.47. The molecule has 1 aliphatic heterocycles. The standard InChI is InChI=1S/C17H20N6O2.C7H11F3/c1-10-6-12(20-9-19-10)13-7-14(22-21-13)16(25)23-5-2-11(15(18)24)8-17(23)3-4-17;8-7(9,10)6-4-2-1-3-5-6/h6-7,9,11H,2-5,8H2,1H3,(H2,18,24)(H,21,22);6H,1-5H2/t11-;/m0./s1. The number of aryl methyl sites for hydroxylation is 1. The molecule has 35 heavy (non-hydrogen) atoms. The van der Waals surface area contributed by atoms with E-state index in [9.17, 15) is 22.8 Å². The second-order valence-electron chi connectivity index (χ2n) is 9.86. The van der Waals surface area contributed by atoms with Crippen LogP contribution in [-0.2, 0) is 4.79 Å². The third-order valence-electron chi connectivity index (χ3n) is 7.32. The third kappa shape index (κ3) is 5.82. The Hall–Kier alpha value is -2.98. The number of halogens is 3. The van der Waals surface area contributed by atoms with Crippen LogP contribution in [0.2, 0.25) is 0 Å². The number of carbonyl (C=O) groups is 2. The van der Waals surface area contributed by atoms with Crippen molar-refractivity contribution >= 4 is 11.8 Å². The lowest BCUT2D eigenvalue weighted by Gasteiger charge is -2.39. The molecule has 2 saturated carbocycles. The number of hydrogen-bond acceptors (Lipinski definition) is 5. The van der Waals surface area contributed by atoms with E-state index in [1.165, 1.54) is 6.33 Å². The van der Waals surface area contributed by atoms with Gasteiger partial charge in [0.15, 0.2) is 0 Å². The molecule has 1 saturated heterocycles. The molecular weight excluding hydrogens is 461 g/mol. The van der Waals surface area contributed by atoms with E-state index in [-0.39, 0.29) is 23.3 Å². The second-order valence-corrected chi connectivity index (χ2v) is 9.86. The lowest BCUT2D eigenvalue weighted by atomic mass is 9.88. The van der Waals surface area contributed by atoms with E-state index in [1.807, 2.05) is 17.9 Å². The second kappa shape index (κ2) is 9.94. The number of aromatic amines is 1. The molecule has 0 aromatic carbocycles. The normalized spacial score (nSPS) is 21.8. The minimum absolute atomic E-state index is 0.0788. The number of carbonyl (C=O) groups excluding carboxylic acids is 2. The molecule has 8 nitrogen and oxygen atoms in total. The average Bonchev–Trinajstić information content (AvgIpc) is 3.40. The fourth-order valence-electron chi connectivity index (χ4n) is 5.10. The van der Waals surface area contributed by atoms with Gasteiger partial charge in [0.25, 0.3) is 5.91 Å². The lowest BCUT2D eigenvalue weighted by molar-refractivity contribution is -0.181. The van der Waals surface area contributed by atoms with Gasteiger partial charge in [-0.3, -0.25) is 14.7 Å². The number of amides is 2. The van der Waals surface area contributed by atoms with Crippen molar-refractivity contribution in [3.8, 4) is 11.4 Å². The van der Waals surface area contributed by atoms with Crippen molar-refractivity contribution in [3.05, 3.63) is 29.8 Å². The summed E-state index contributed by atoms with van der Waals surface area (Å²) < 4.78 is 35.8. The van der Waals surface area contributed by atoms with Crippen LogP contribution in [0.3, 0.4) is 0 Å². The van der Waals surface area contributed by atoms with Gasteiger partial charge in [-0.15, -0.1) is 0 Å². The number of primary amides is 1. The summed E-state index contributed by atoms with van der Waals surface area (Å²) >= 11 is 0. The topological polar surface area (TPSA) is 118 Å². The minimum Gasteiger partial charge on any atom is -0.369 e. The lowest BCUT2D eigenvalue weighted by Crippen LogP contribution is -2.50. The first-order valence-electron chi connectivity index (χ1n) is 12.1. The fourth-order valence-corrected chi connectivity index (χ4v) is 5.10. The van der Waals surface area contributed by atoms with Gasteiger partial charge in [0, 0.05) is 23.7 Å². The fraction of sp³-hybridized carbons (Fsp3) is 0.625. The number of hydrogen-bond donors (Lipinski definition) is 2. The number of nitrogens with one attached hydrogen (secondary N) is 1. The van der Waals surface area contributed by atoms with Gasteiger partial charge in [-0.1, -0.05) is 19.3 Å². The first-order chi connectivity index (χ1) is 16.6. The quantitative estimate of drug-likeness (QED) is 0.667. The Kier molecular flexibility index (Phi) is 7.14. The van der Waals surface area contributed by atoms with Crippen molar-refractivity contribution in [2.75, 3.05) is 6.54 Å². The van der Waals surface area contributed by atoms with Gasteiger partial charge >= 0.3 is 6.18 Å². The Balaban J connectivity index is 0.000000243. The number of likely N-dealkylation sites (tertiary alicyclic amines) is 1. The van der Waals surface area contributed by atoms with Crippen molar-refractivity contribution in [3.63, 3.8) is 0 Å². The average molecular weight is 493 g/mol. The monoisotopic (exact) mass is 492 g/mol. The maximum absolute atomic E-state index is 12.9. The summed E-state index contributed by atoms with van der Waals surface area (Å²) in [5, 5.41) is 7.04. The van der Waals surface area contributed by atoms with E-state index in [2.05, 4.69) is 20.2 Å². The van der Waals surface area contributed by atoms with Crippen molar-refractivity contribution in [1.82, 2.24) is 25.1 Å². The van der Waals surface area contributed by atoms with Crippen LogP contribution in [0.5, 0.6) is 0 Å². The predicted octanol–water partition coefficient (Wildman–Crippen LogP) is 4.17. The molecule has 0 bridgehead atoms. The number of H-pyrrole nitrogens is 1. The Labute approximate surface area is 201 Å². The van der Waals surface area contributed by atoms with Gasteiger partial charge in [0.2, 0.25) is 5.91 Å². The number of alkyl halides is 3. The molecule has 11 heteroatoms. The molecular formula is C24H31F3N6O2. The van der Waals surface area contributed by atoms with Crippen LogP contribution in [-0.4, -0.2) is 55.1 Å². The zero-order chi connectivity index (χ0) is 25.2. The zero-order valence-corrected chi connectivity index (χ0v) is 19.8. The Morgan fingerprint density at radius 1 is 1.09 bits per heavy atom. The molecule has 2 aromatic rings. The van der Waals surface area contributed by atoms with Crippen LogP contribution < -0.4 is 5.73 Å². The molecule has 5 rings (SSSR count). The largest absolute Gasteiger partial charge is 0.391 e.